The highest BCUT2D eigenvalue weighted by atomic mass is 16.4. The Bertz CT molecular complexity index is 541. The lowest BCUT2D eigenvalue weighted by Gasteiger charge is -2.20. The van der Waals surface area contributed by atoms with Crippen LogP contribution in [0.5, 0.6) is 0 Å². The monoisotopic (exact) mass is 289 g/mol. The van der Waals surface area contributed by atoms with Gasteiger partial charge >= 0.3 is 5.97 Å². The molecule has 0 spiro atoms. The highest BCUT2D eigenvalue weighted by molar-refractivity contribution is 5.94. The number of rotatable bonds is 6. The summed E-state index contributed by atoms with van der Waals surface area (Å²) in [5.41, 5.74) is 2.76. The Morgan fingerprint density at radius 2 is 1.81 bits per heavy atom. The van der Waals surface area contributed by atoms with Gasteiger partial charge in [0.2, 0.25) is 5.91 Å². The van der Waals surface area contributed by atoms with Crippen LogP contribution in [-0.2, 0) is 15.0 Å². The zero-order valence-corrected chi connectivity index (χ0v) is 12.9. The number of amides is 1. The molecule has 2 rings (SSSR count). The zero-order valence-electron chi connectivity index (χ0n) is 12.9. The summed E-state index contributed by atoms with van der Waals surface area (Å²) in [6, 6.07) is 5.37. The largest absolute Gasteiger partial charge is 0.480 e. The van der Waals surface area contributed by atoms with Crippen molar-refractivity contribution >= 4 is 11.9 Å². The minimum atomic E-state index is -0.957. The quantitative estimate of drug-likeness (QED) is 0.846. The summed E-state index contributed by atoms with van der Waals surface area (Å²) < 4.78 is 0. The van der Waals surface area contributed by atoms with Gasteiger partial charge in [0.1, 0.15) is 6.04 Å². The summed E-state index contributed by atoms with van der Waals surface area (Å²) in [5, 5.41) is 11.9. The first-order chi connectivity index (χ1) is 9.89. The van der Waals surface area contributed by atoms with Crippen molar-refractivity contribution in [3.8, 4) is 0 Å². The van der Waals surface area contributed by atoms with Gasteiger partial charge in [-0.2, -0.15) is 0 Å². The standard InChI is InChI=1S/C17H23NO3/c1-4-5-14(15(19)20)18-16(21)17(6-7-17)13-9-11(2)8-12(3)10-13/h8-10,14H,4-7H2,1-3H3,(H,18,21)(H,19,20). The van der Waals surface area contributed by atoms with Crippen LogP contribution in [0.15, 0.2) is 18.2 Å². The van der Waals surface area contributed by atoms with Crippen molar-refractivity contribution in [2.24, 2.45) is 0 Å². The molecule has 114 valence electrons. The molecule has 1 amide bonds. The molecule has 0 bridgehead atoms. The minimum absolute atomic E-state index is 0.145. The summed E-state index contributed by atoms with van der Waals surface area (Å²) in [7, 11) is 0. The van der Waals surface area contributed by atoms with Crippen LogP contribution >= 0.6 is 0 Å². The van der Waals surface area contributed by atoms with E-state index in [1.54, 1.807) is 0 Å². The maximum absolute atomic E-state index is 12.6. The Balaban J connectivity index is 2.19. The van der Waals surface area contributed by atoms with E-state index in [1.807, 2.05) is 32.9 Å². The Morgan fingerprint density at radius 1 is 1.24 bits per heavy atom. The molecule has 1 aliphatic rings. The fourth-order valence-electron chi connectivity index (χ4n) is 2.87. The molecular formula is C17H23NO3. The first kappa shape index (κ1) is 15.5. The van der Waals surface area contributed by atoms with Gasteiger partial charge in [0.25, 0.3) is 0 Å². The summed E-state index contributed by atoms with van der Waals surface area (Å²) in [6.45, 7) is 5.95. The van der Waals surface area contributed by atoms with Crippen molar-refractivity contribution in [1.29, 1.82) is 0 Å². The van der Waals surface area contributed by atoms with E-state index in [4.69, 9.17) is 0 Å². The molecule has 1 aromatic rings. The van der Waals surface area contributed by atoms with E-state index in [0.717, 1.165) is 36.0 Å². The summed E-state index contributed by atoms with van der Waals surface area (Å²) >= 11 is 0. The van der Waals surface area contributed by atoms with E-state index in [9.17, 15) is 14.7 Å². The molecule has 4 nitrogen and oxygen atoms in total. The van der Waals surface area contributed by atoms with Crippen LogP contribution < -0.4 is 5.32 Å². The van der Waals surface area contributed by atoms with E-state index in [1.165, 1.54) is 0 Å². The van der Waals surface area contributed by atoms with Crippen molar-refractivity contribution in [2.45, 2.75) is 57.9 Å². The van der Waals surface area contributed by atoms with Crippen LogP contribution in [-0.4, -0.2) is 23.0 Å². The second-order valence-corrected chi connectivity index (χ2v) is 6.11. The van der Waals surface area contributed by atoms with E-state index < -0.39 is 17.4 Å². The topological polar surface area (TPSA) is 66.4 Å². The summed E-state index contributed by atoms with van der Waals surface area (Å²) in [5.74, 6) is -1.10. The molecule has 4 heteroatoms. The first-order valence-electron chi connectivity index (χ1n) is 7.51. The number of hydrogen-bond donors (Lipinski definition) is 2. The Hall–Kier alpha value is -1.84. The molecule has 1 saturated carbocycles. The van der Waals surface area contributed by atoms with Gasteiger partial charge in [-0.3, -0.25) is 4.79 Å². The highest BCUT2D eigenvalue weighted by Crippen LogP contribution is 2.49. The molecular weight excluding hydrogens is 266 g/mol. The molecule has 1 aromatic carbocycles. The van der Waals surface area contributed by atoms with Gasteiger partial charge in [0.05, 0.1) is 5.41 Å². The van der Waals surface area contributed by atoms with Gasteiger partial charge in [0, 0.05) is 0 Å². The maximum atomic E-state index is 12.6. The van der Waals surface area contributed by atoms with E-state index in [0.29, 0.717) is 6.42 Å². The van der Waals surface area contributed by atoms with Crippen LogP contribution in [0.2, 0.25) is 0 Å². The molecule has 0 aliphatic heterocycles. The number of carboxylic acids is 1. The Labute approximate surface area is 125 Å². The van der Waals surface area contributed by atoms with Gasteiger partial charge in [-0.1, -0.05) is 42.7 Å². The van der Waals surface area contributed by atoms with Crippen LogP contribution in [0, 0.1) is 13.8 Å². The van der Waals surface area contributed by atoms with Crippen LogP contribution in [0.4, 0.5) is 0 Å². The van der Waals surface area contributed by atoms with Crippen molar-refractivity contribution < 1.29 is 14.7 Å². The number of aliphatic carboxylic acids is 1. The fraction of sp³-hybridized carbons (Fsp3) is 0.529. The molecule has 0 heterocycles. The summed E-state index contributed by atoms with van der Waals surface area (Å²) in [6.07, 6.45) is 2.78. The molecule has 1 atom stereocenters. The SMILES string of the molecule is CCCC(NC(=O)C1(c2cc(C)cc(C)c2)CC1)C(=O)O. The second kappa shape index (κ2) is 5.88. The van der Waals surface area contributed by atoms with Gasteiger partial charge in [-0.25, -0.2) is 4.79 Å². The maximum Gasteiger partial charge on any atom is 0.326 e. The van der Waals surface area contributed by atoms with E-state index in [-0.39, 0.29) is 5.91 Å². The molecule has 1 aliphatic carbocycles. The molecule has 0 aromatic heterocycles. The molecule has 1 fully saturated rings. The van der Waals surface area contributed by atoms with Crippen molar-refractivity contribution in [3.63, 3.8) is 0 Å². The summed E-state index contributed by atoms with van der Waals surface area (Å²) in [4.78, 5) is 23.8. The van der Waals surface area contributed by atoms with Crippen LogP contribution in [0.3, 0.4) is 0 Å². The third-order valence-corrected chi connectivity index (χ3v) is 4.14. The number of aryl methyl sites for hydroxylation is 2. The van der Waals surface area contributed by atoms with Crippen LogP contribution in [0.1, 0.15) is 49.3 Å². The van der Waals surface area contributed by atoms with E-state index in [2.05, 4.69) is 11.4 Å². The minimum Gasteiger partial charge on any atom is -0.480 e. The predicted molar refractivity (Wildman–Crippen MR) is 81.3 cm³/mol. The van der Waals surface area contributed by atoms with Crippen molar-refractivity contribution in [1.82, 2.24) is 5.32 Å². The lowest BCUT2D eigenvalue weighted by molar-refractivity contribution is -0.142. The smallest absolute Gasteiger partial charge is 0.326 e. The molecule has 2 N–H and O–H groups in total. The molecule has 21 heavy (non-hydrogen) atoms. The predicted octanol–water partition coefficient (Wildman–Crippen LogP) is 2.70. The third kappa shape index (κ3) is 3.26. The van der Waals surface area contributed by atoms with Crippen LogP contribution in [0.25, 0.3) is 0 Å². The number of carbonyl (C=O) groups excluding carboxylic acids is 1. The number of hydrogen-bond acceptors (Lipinski definition) is 2. The molecule has 1 unspecified atom stereocenters. The fourth-order valence-corrected chi connectivity index (χ4v) is 2.87. The van der Waals surface area contributed by atoms with Gasteiger partial charge in [-0.05, 0) is 38.7 Å². The second-order valence-electron chi connectivity index (χ2n) is 6.11. The van der Waals surface area contributed by atoms with Gasteiger partial charge < -0.3 is 10.4 Å². The number of nitrogens with one attached hydrogen (secondary N) is 1. The lowest BCUT2D eigenvalue weighted by atomic mass is 9.91. The number of benzene rings is 1. The van der Waals surface area contributed by atoms with E-state index >= 15 is 0 Å². The normalized spacial score (nSPS) is 17.1. The Morgan fingerprint density at radius 3 is 2.24 bits per heavy atom. The molecule has 0 radical (unpaired) electrons. The highest BCUT2D eigenvalue weighted by Gasteiger charge is 2.52. The third-order valence-electron chi connectivity index (χ3n) is 4.14. The zero-order chi connectivity index (χ0) is 15.6. The first-order valence-corrected chi connectivity index (χ1v) is 7.51. The number of carboxylic acid groups (broad SMARTS) is 1. The Kier molecular flexibility index (Phi) is 4.35. The average molecular weight is 289 g/mol. The van der Waals surface area contributed by atoms with Crippen molar-refractivity contribution in [3.05, 3.63) is 34.9 Å². The van der Waals surface area contributed by atoms with Gasteiger partial charge in [-0.15, -0.1) is 0 Å². The van der Waals surface area contributed by atoms with Gasteiger partial charge in [0.15, 0.2) is 0 Å². The lowest BCUT2D eigenvalue weighted by Crippen LogP contribution is -2.45. The molecule has 0 saturated heterocycles. The number of carbonyl (C=O) groups is 2. The van der Waals surface area contributed by atoms with Crippen molar-refractivity contribution in [2.75, 3.05) is 0 Å². The average Bonchev–Trinajstić information content (AvgIpc) is 3.18.